The van der Waals surface area contributed by atoms with Gasteiger partial charge < -0.3 is 4.74 Å². The van der Waals surface area contributed by atoms with E-state index in [9.17, 15) is 0 Å². The number of nitrogens with zero attached hydrogens (tertiary/aromatic N) is 3. The summed E-state index contributed by atoms with van der Waals surface area (Å²) in [6.07, 6.45) is 1.59. The maximum absolute atomic E-state index is 8.64. The van der Waals surface area contributed by atoms with Crippen molar-refractivity contribution in [2.75, 3.05) is 13.2 Å². The molecule has 0 aliphatic carbocycles. The van der Waals surface area contributed by atoms with E-state index in [1.165, 1.54) is 0 Å². The minimum atomic E-state index is 0.410. The van der Waals surface area contributed by atoms with Gasteiger partial charge in [-0.2, -0.15) is 5.26 Å². The molecule has 0 aliphatic heterocycles. The van der Waals surface area contributed by atoms with Gasteiger partial charge in [0.05, 0.1) is 6.20 Å². The van der Waals surface area contributed by atoms with Crippen molar-refractivity contribution < 1.29 is 4.74 Å². The zero-order valence-electron chi connectivity index (χ0n) is 11.6. The van der Waals surface area contributed by atoms with Gasteiger partial charge in [0.2, 0.25) is 0 Å². The second kappa shape index (κ2) is 6.97. The molecular formula is C14H21N3O. The summed E-state index contributed by atoms with van der Waals surface area (Å²) in [5.41, 5.74) is 0.410. The van der Waals surface area contributed by atoms with E-state index < -0.39 is 0 Å². The van der Waals surface area contributed by atoms with Crippen LogP contribution in [-0.4, -0.2) is 35.1 Å². The van der Waals surface area contributed by atoms with Crippen LogP contribution < -0.4 is 4.74 Å². The number of hydrogen-bond donors (Lipinski definition) is 0. The smallest absolute Gasteiger partial charge is 0.140 e. The van der Waals surface area contributed by atoms with Crippen LogP contribution in [-0.2, 0) is 0 Å². The number of ether oxygens (including phenoxy) is 1. The van der Waals surface area contributed by atoms with Crippen LogP contribution in [0.15, 0.2) is 18.3 Å². The molecule has 0 amide bonds. The average molecular weight is 247 g/mol. The minimum absolute atomic E-state index is 0.410. The number of nitriles is 1. The summed E-state index contributed by atoms with van der Waals surface area (Å²) in [6.45, 7) is 10.2. The Kier molecular flexibility index (Phi) is 5.60. The number of pyridine rings is 1. The monoisotopic (exact) mass is 247 g/mol. The summed E-state index contributed by atoms with van der Waals surface area (Å²) in [5, 5.41) is 8.64. The van der Waals surface area contributed by atoms with Gasteiger partial charge in [0.15, 0.2) is 0 Å². The zero-order chi connectivity index (χ0) is 13.5. The van der Waals surface area contributed by atoms with Gasteiger partial charge in [-0.25, -0.2) is 4.98 Å². The lowest BCUT2D eigenvalue weighted by molar-refractivity contribution is 0.142. The first-order chi connectivity index (χ1) is 8.54. The summed E-state index contributed by atoms with van der Waals surface area (Å²) in [5.74, 6) is 0.710. The molecule has 0 fully saturated rings. The second-order valence-electron chi connectivity index (χ2n) is 4.76. The van der Waals surface area contributed by atoms with Crippen LogP contribution in [0, 0.1) is 11.3 Å². The predicted octanol–water partition coefficient (Wildman–Crippen LogP) is 2.45. The van der Waals surface area contributed by atoms with E-state index in [4.69, 9.17) is 10.00 Å². The summed E-state index contributed by atoms with van der Waals surface area (Å²) in [4.78, 5) is 6.34. The van der Waals surface area contributed by atoms with Gasteiger partial charge in [-0.1, -0.05) is 0 Å². The van der Waals surface area contributed by atoms with Crippen LogP contribution in [0.25, 0.3) is 0 Å². The molecule has 0 radical (unpaired) electrons. The Balaban J connectivity index is 2.43. The summed E-state index contributed by atoms with van der Waals surface area (Å²) >= 11 is 0. The fourth-order valence-electron chi connectivity index (χ4n) is 1.91. The zero-order valence-corrected chi connectivity index (χ0v) is 11.6. The van der Waals surface area contributed by atoms with Crippen LogP contribution in [0.3, 0.4) is 0 Å². The highest BCUT2D eigenvalue weighted by Gasteiger charge is 2.12. The molecule has 0 saturated heterocycles. The molecule has 1 aromatic heterocycles. The Bertz CT molecular complexity index is 384. The van der Waals surface area contributed by atoms with Crippen molar-refractivity contribution in [3.05, 3.63) is 24.0 Å². The van der Waals surface area contributed by atoms with Gasteiger partial charge in [-0.05, 0) is 39.8 Å². The van der Waals surface area contributed by atoms with Crippen LogP contribution in [0.5, 0.6) is 5.75 Å². The van der Waals surface area contributed by atoms with Crippen LogP contribution >= 0.6 is 0 Å². The lowest BCUT2D eigenvalue weighted by atomic mass is 10.2. The molecular weight excluding hydrogens is 226 g/mol. The van der Waals surface area contributed by atoms with Crippen LogP contribution in [0.4, 0.5) is 0 Å². The Morgan fingerprint density at radius 3 is 2.39 bits per heavy atom. The van der Waals surface area contributed by atoms with E-state index in [1.807, 2.05) is 6.07 Å². The van der Waals surface area contributed by atoms with E-state index in [-0.39, 0.29) is 0 Å². The second-order valence-corrected chi connectivity index (χ2v) is 4.76. The first-order valence-corrected chi connectivity index (χ1v) is 6.29. The molecule has 0 bridgehead atoms. The molecule has 0 spiro atoms. The van der Waals surface area contributed by atoms with Crippen molar-refractivity contribution in [2.24, 2.45) is 0 Å². The van der Waals surface area contributed by atoms with E-state index in [1.54, 1.807) is 18.3 Å². The third-order valence-corrected chi connectivity index (χ3v) is 2.80. The maximum atomic E-state index is 8.64. The molecule has 1 heterocycles. The van der Waals surface area contributed by atoms with Crippen molar-refractivity contribution in [3.8, 4) is 11.8 Å². The highest BCUT2D eigenvalue weighted by Crippen LogP contribution is 2.10. The molecule has 98 valence electrons. The van der Waals surface area contributed by atoms with Crippen molar-refractivity contribution in [3.63, 3.8) is 0 Å². The van der Waals surface area contributed by atoms with Crippen molar-refractivity contribution in [2.45, 2.75) is 39.8 Å². The standard InChI is InChI=1S/C14H21N3O/c1-11(2)17(12(3)4)7-8-18-14-6-5-13(9-15)16-10-14/h5-6,10-12H,7-8H2,1-4H3. The molecule has 0 atom stereocenters. The highest BCUT2D eigenvalue weighted by molar-refractivity contribution is 5.26. The van der Waals surface area contributed by atoms with Gasteiger partial charge >= 0.3 is 0 Å². The van der Waals surface area contributed by atoms with E-state index in [0.717, 1.165) is 6.54 Å². The average Bonchev–Trinajstić information content (AvgIpc) is 2.34. The van der Waals surface area contributed by atoms with E-state index in [0.29, 0.717) is 30.1 Å². The van der Waals surface area contributed by atoms with Gasteiger partial charge in [-0.3, -0.25) is 4.90 Å². The fraction of sp³-hybridized carbons (Fsp3) is 0.571. The Morgan fingerprint density at radius 1 is 1.28 bits per heavy atom. The molecule has 0 aliphatic rings. The fourth-order valence-corrected chi connectivity index (χ4v) is 1.91. The molecule has 0 saturated carbocycles. The van der Waals surface area contributed by atoms with E-state index in [2.05, 4.69) is 37.6 Å². The SMILES string of the molecule is CC(C)N(CCOc1ccc(C#N)nc1)C(C)C. The summed E-state index contributed by atoms with van der Waals surface area (Å²) < 4.78 is 5.62. The molecule has 1 rings (SSSR count). The van der Waals surface area contributed by atoms with Gasteiger partial charge in [0, 0.05) is 18.6 Å². The lowest BCUT2D eigenvalue weighted by Gasteiger charge is -2.30. The molecule has 0 unspecified atom stereocenters. The minimum Gasteiger partial charge on any atom is -0.491 e. The van der Waals surface area contributed by atoms with Crippen LogP contribution in [0.2, 0.25) is 0 Å². The van der Waals surface area contributed by atoms with Crippen molar-refractivity contribution >= 4 is 0 Å². The molecule has 0 N–H and O–H groups in total. The molecule has 0 aromatic carbocycles. The largest absolute Gasteiger partial charge is 0.491 e. The molecule has 1 aromatic rings. The van der Waals surface area contributed by atoms with Gasteiger partial charge in [0.25, 0.3) is 0 Å². The number of aromatic nitrogens is 1. The molecule has 4 heteroatoms. The Hall–Kier alpha value is -1.60. The van der Waals surface area contributed by atoms with Crippen LogP contribution in [0.1, 0.15) is 33.4 Å². The topological polar surface area (TPSA) is 49.1 Å². The summed E-state index contributed by atoms with van der Waals surface area (Å²) in [6, 6.07) is 6.44. The van der Waals surface area contributed by atoms with Gasteiger partial charge in [-0.15, -0.1) is 0 Å². The Labute approximate surface area is 109 Å². The van der Waals surface area contributed by atoms with E-state index >= 15 is 0 Å². The number of hydrogen-bond acceptors (Lipinski definition) is 4. The van der Waals surface area contributed by atoms with Crippen molar-refractivity contribution in [1.82, 2.24) is 9.88 Å². The predicted molar refractivity (Wildman–Crippen MR) is 71.4 cm³/mol. The molecule has 18 heavy (non-hydrogen) atoms. The number of rotatable bonds is 6. The lowest BCUT2D eigenvalue weighted by Crippen LogP contribution is -2.39. The normalized spacial score (nSPS) is 11.0. The first-order valence-electron chi connectivity index (χ1n) is 6.29. The third-order valence-electron chi connectivity index (χ3n) is 2.80. The maximum Gasteiger partial charge on any atom is 0.140 e. The van der Waals surface area contributed by atoms with Gasteiger partial charge in [0.1, 0.15) is 24.1 Å². The third kappa shape index (κ3) is 4.34. The quantitative estimate of drug-likeness (QED) is 0.774. The Morgan fingerprint density at radius 2 is 1.94 bits per heavy atom. The molecule has 4 nitrogen and oxygen atoms in total. The van der Waals surface area contributed by atoms with Crippen molar-refractivity contribution in [1.29, 1.82) is 5.26 Å². The summed E-state index contributed by atoms with van der Waals surface area (Å²) in [7, 11) is 0. The first kappa shape index (κ1) is 14.5. The highest BCUT2D eigenvalue weighted by atomic mass is 16.5.